The van der Waals surface area contributed by atoms with Crippen molar-refractivity contribution < 1.29 is 18.8 Å². The second kappa shape index (κ2) is 10.9. The van der Waals surface area contributed by atoms with Crippen molar-refractivity contribution in [3.05, 3.63) is 49.1 Å². The predicted octanol–water partition coefficient (Wildman–Crippen LogP) is 1.88. The van der Waals surface area contributed by atoms with Gasteiger partial charge in [-0.25, -0.2) is 14.7 Å². The fourth-order valence-corrected chi connectivity index (χ4v) is 2.69. The monoisotopic (exact) mass is 402 g/mol. The summed E-state index contributed by atoms with van der Waals surface area (Å²) in [5, 5.41) is 8.07. The van der Waals surface area contributed by atoms with Crippen molar-refractivity contribution in [2.24, 2.45) is 0 Å². The topological polar surface area (TPSA) is 106 Å². The number of carbonyl (C=O) groups excluding carboxylic acids is 2. The molecule has 10 heteroatoms. The molecule has 10 nitrogen and oxygen atoms in total. The predicted molar refractivity (Wildman–Crippen MR) is 108 cm³/mol. The highest BCUT2D eigenvalue weighted by Gasteiger charge is 2.25. The van der Waals surface area contributed by atoms with E-state index in [2.05, 4.69) is 22.0 Å². The largest absolute Gasteiger partial charge is 0.432 e. The molecule has 1 unspecified atom stereocenters. The first-order valence-electron chi connectivity index (χ1n) is 9.24. The Morgan fingerprint density at radius 1 is 1.52 bits per heavy atom. The Balaban J connectivity index is 0.00000145. The van der Waals surface area contributed by atoms with Crippen LogP contribution < -0.4 is 5.32 Å². The number of oxazole rings is 1. The molecule has 1 aliphatic heterocycles. The van der Waals surface area contributed by atoms with Gasteiger partial charge < -0.3 is 4.42 Å². The van der Waals surface area contributed by atoms with E-state index in [1.807, 2.05) is 31.9 Å². The maximum absolute atomic E-state index is 12.2. The summed E-state index contributed by atoms with van der Waals surface area (Å²) in [7, 11) is 1.93. The third-order valence-electron chi connectivity index (χ3n) is 3.86. The van der Waals surface area contributed by atoms with Crippen molar-refractivity contribution in [3.8, 4) is 0 Å². The van der Waals surface area contributed by atoms with Crippen molar-refractivity contribution in [1.29, 1.82) is 0 Å². The zero-order valence-electron chi connectivity index (χ0n) is 16.8. The molecule has 3 rings (SSSR count). The van der Waals surface area contributed by atoms with Crippen LogP contribution in [-0.2, 0) is 9.63 Å². The van der Waals surface area contributed by atoms with Gasteiger partial charge in [-0.2, -0.15) is 5.10 Å². The van der Waals surface area contributed by atoms with E-state index in [4.69, 9.17) is 9.25 Å². The lowest BCUT2D eigenvalue weighted by Gasteiger charge is -2.33. The zero-order valence-corrected chi connectivity index (χ0v) is 16.8. The molecular weight excluding hydrogens is 376 g/mol. The van der Waals surface area contributed by atoms with E-state index < -0.39 is 5.91 Å². The lowest BCUT2D eigenvalue weighted by molar-refractivity contribution is -0.177. The van der Waals surface area contributed by atoms with E-state index >= 15 is 0 Å². The fraction of sp³-hybridized carbons (Fsp3) is 0.368. The van der Waals surface area contributed by atoms with Gasteiger partial charge in [-0.05, 0) is 19.2 Å². The van der Waals surface area contributed by atoms with E-state index in [-0.39, 0.29) is 24.4 Å². The minimum atomic E-state index is -0.429. The summed E-state index contributed by atoms with van der Waals surface area (Å²) >= 11 is 0. The van der Waals surface area contributed by atoms with E-state index in [0.717, 1.165) is 5.70 Å². The summed E-state index contributed by atoms with van der Waals surface area (Å²) < 4.78 is 6.59. The van der Waals surface area contributed by atoms with E-state index in [0.29, 0.717) is 19.5 Å². The second-order valence-electron chi connectivity index (χ2n) is 5.91. The number of nitrogens with one attached hydrogen (secondary N) is 1. The van der Waals surface area contributed by atoms with Crippen molar-refractivity contribution >= 4 is 24.0 Å². The highest BCUT2D eigenvalue weighted by molar-refractivity contribution is 6.01. The molecule has 0 saturated carbocycles. The summed E-state index contributed by atoms with van der Waals surface area (Å²) in [6, 6.07) is 1.41. The van der Waals surface area contributed by atoms with E-state index in [9.17, 15) is 9.59 Å². The molecule has 1 N–H and O–H groups in total. The Morgan fingerprint density at radius 2 is 2.31 bits per heavy atom. The molecule has 29 heavy (non-hydrogen) atoms. The SMILES string of the molecule is C=CCON(C=O)C1C=C(n2ccc(C(=O)Nc3ncco3)n2)CN(C)C1.CC. The number of anilines is 1. The number of hydrogen-bond acceptors (Lipinski definition) is 7. The number of likely N-dealkylation sites (N-methyl/N-ethyl adjacent to an activating group) is 1. The standard InChI is InChI=1S/C17H20N6O4.C2H6/c1-3-7-27-23(12-24)14-9-13(10-21(2)11-14)22-6-4-15(20-22)16(25)19-17-18-5-8-26-17;1-2/h3-6,8-9,12,14H,1,7,10-11H2,2H3,(H,18,19,25);1-2H3. The van der Waals surface area contributed by atoms with E-state index in [1.165, 1.54) is 17.5 Å². The van der Waals surface area contributed by atoms with Crippen LogP contribution in [0.3, 0.4) is 0 Å². The van der Waals surface area contributed by atoms with E-state index in [1.54, 1.807) is 23.0 Å². The summed E-state index contributed by atoms with van der Waals surface area (Å²) in [5.41, 5.74) is 1.03. The molecule has 1 aliphatic rings. The van der Waals surface area contributed by atoms with Crippen LogP contribution in [0.4, 0.5) is 6.01 Å². The fourth-order valence-electron chi connectivity index (χ4n) is 2.69. The first-order chi connectivity index (χ1) is 14.1. The smallest absolute Gasteiger partial charge is 0.301 e. The molecule has 0 bridgehead atoms. The lowest BCUT2D eigenvalue weighted by Crippen LogP contribution is -2.45. The van der Waals surface area contributed by atoms with Gasteiger partial charge in [-0.3, -0.25) is 24.6 Å². The molecule has 0 aliphatic carbocycles. The molecule has 0 saturated heterocycles. The Hall–Kier alpha value is -3.24. The lowest BCUT2D eigenvalue weighted by atomic mass is 10.1. The first-order valence-corrected chi connectivity index (χ1v) is 9.24. The number of rotatable bonds is 8. The molecule has 0 radical (unpaired) electrons. The molecule has 0 spiro atoms. The Kier molecular flexibility index (Phi) is 8.31. The van der Waals surface area contributed by atoms with Gasteiger partial charge in [0.25, 0.3) is 5.91 Å². The third-order valence-corrected chi connectivity index (χ3v) is 3.86. The summed E-state index contributed by atoms with van der Waals surface area (Å²) in [5.74, 6) is -0.429. The summed E-state index contributed by atoms with van der Waals surface area (Å²) in [6.07, 6.45) is 8.58. The van der Waals surface area contributed by atoms with Gasteiger partial charge in [0.05, 0.1) is 24.5 Å². The average molecular weight is 402 g/mol. The number of nitrogens with zero attached hydrogens (tertiary/aromatic N) is 5. The minimum Gasteiger partial charge on any atom is -0.432 e. The maximum Gasteiger partial charge on any atom is 0.301 e. The molecule has 3 heterocycles. The number of amides is 2. The van der Waals surface area contributed by atoms with Gasteiger partial charge in [-0.15, -0.1) is 6.58 Å². The molecular formula is C19H26N6O4. The maximum atomic E-state index is 12.2. The van der Waals surface area contributed by atoms with Gasteiger partial charge in [0.15, 0.2) is 5.69 Å². The van der Waals surface area contributed by atoms with Crippen LogP contribution >= 0.6 is 0 Å². The average Bonchev–Trinajstić information content (AvgIpc) is 3.42. The number of hydroxylamine groups is 2. The van der Waals surface area contributed by atoms with Crippen LogP contribution in [0.15, 0.2) is 47.9 Å². The number of aromatic nitrogens is 3. The minimum absolute atomic E-state index is 0.104. The van der Waals surface area contributed by atoms with Crippen LogP contribution in [0, 0.1) is 0 Å². The van der Waals surface area contributed by atoms with Gasteiger partial charge in [0, 0.05) is 19.3 Å². The molecule has 1 atom stereocenters. The van der Waals surface area contributed by atoms with Crippen molar-refractivity contribution in [3.63, 3.8) is 0 Å². The van der Waals surface area contributed by atoms with Crippen LogP contribution in [0.25, 0.3) is 5.70 Å². The Morgan fingerprint density at radius 3 is 2.97 bits per heavy atom. The molecule has 0 fully saturated rings. The molecule has 2 amide bonds. The summed E-state index contributed by atoms with van der Waals surface area (Å²) in [4.78, 5) is 34.8. The number of hydrogen-bond donors (Lipinski definition) is 1. The highest BCUT2D eigenvalue weighted by Crippen LogP contribution is 2.17. The highest BCUT2D eigenvalue weighted by atomic mass is 16.7. The molecule has 0 aromatic carbocycles. The van der Waals surface area contributed by atoms with Crippen LogP contribution in [0.5, 0.6) is 0 Å². The summed E-state index contributed by atoms with van der Waals surface area (Å²) in [6.45, 7) is 9.02. The molecule has 156 valence electrons. The zero-order chi connectivity index (χ0) is 21.2. The van der Waals surface area contributed by atoms with Crippen LogP contribution in [0.1, 0.15) is 24.3 Å². The Labute approximate surface area is 169 Å². The van der Waals surface area contributed by atoms with Gasteiger partial charge >= 0.3 is 6.01 Å². The quantitative estimate of drug-likeness (QED) is 0.408. The van der Waals surface area contributed by atoms with Crippen molar-refractivity contribution in [1.82, 2.24) is 24.7 Å². The Bertz CT molecular complexity index is 830. The second-order valence-corrected chi connectivity index (χ2v) is 5.91. The van der Waals surface area contributed by atoms with Crippen molar-refractivity contribution in [2.45, 2.75) is 19.9 Å². The van der Waals surface area contributed by atoms with Gasteiger partial charge in [0.2, 0.25) is 6.41 Å². The first kappa shape index (κ1) is 22.1. The number of carbonyl (C=O) groups is 2. The normalized spacial score (nSPS) is 16.2. The van der Waals surface area contributed by atoms with Crippen LogP contribution in [-0.4, -0.2) is 69.8 Å². The van der Waals surface area contributed by atoms with Crippen molar-refractivity contribution in [2.75, 3.05) is 32.1 Å². The third kappa shape index (κ3) is 5.87. The van der Waals surface area contributed by atoms with Gasteiger partial charge in [0.1, 0.15) is 6.26 Å². The molecule has 2 aromatic rings. The van der Waals surface area contributed by atoms with Gasteiger partial charge in [-0.1, -0.05) is 19.9 Å². The van der Waals surface area contributed by atoms with Crippen LogP contribution in [0.2, 0.25) is 0 Å². The molecule has 2 aromatic heterocycles.